The normalized spacial score (nSPS) is 10.4. The molecular formula is C22H21NO2. The highest BCUT2D eigenvalue weighted by Crippen LogP contribution is 2.34. The number of hydrogen-bond acceptors (Lipinski definition) is 3. The van der Waals surface area contributed by atoms with E-state index < -0.39 is 0 Å². The maximum absolute atomic E-state index is 11.7. The van der Waals surface area contributed by atoms with Gasteiger partial charge in [-0.05, 0) is 62.4 Å². The first-order valence-electron chi connectivity index (χ1n) is 8.20. The van der Waals surface area contributed by atoms with Crippen molar-refractivity contribution < 1.29 is 9.53 Å². The molecule has 0 atom stereocenters. The topological polar surface area (TPSA) is 29.5 Å². The molecule has 126 valence electrons. The highest BCUT2D eigenvalue weighted by molar-refractivity contribution is 5.90. The van der Waals surface area contributed by atoms with E-state index in [0.29, 0.717) is 5.56 Å². The van der Waals surface area contributed by atoms with Crippen LogP contribution in [0.3, 0.4) is 0 Å². The minimum absolute atomic E-state index is 0.330. The van der Waals surface area contributed by atoms with Crippen molar-refractivity contribution in [2.24, 2.45) is 0 Å². The molecule has 3 heteroatoms. The number of methoxy groups -OCH3 is 1. The third-order valence-corrected chi connectivity index (χ3v) is 4.13. The van der Waals surface area contributed by atoms with Crippen molar-refractivity contribution in [2.75, 3.05) is 12.0 Å². The number of esters is 1. The van der Waals surface area contributed by atoms with Gasteiger partial charge >= 0.3 is 5.97 Å². The summed E-state index contributed by atoms with van der Waals surface area (Å²) in [6.07, 6.45) is 0. The molecule has 0 aromatic heterocycles. The number of hydrogen-bond donors (Lipinski definition) is 0. The molecule has 0 radical (unpaired) electrons. The number of nitrogens with zero attached hydrogens (tertiary/aromatic N) is 1. The van der Waals surface area contributed by atoms with Crippen LogP contribution < -0.4 is 4.90 Å². The summed E-state index contributed by atoms with van der Waals surface area (Å²) in [6.45, 7) is 4.15. The lowest BCUT2D eigenvalue weighted by Gasteiger charge is -2.25. The van der Waals surface area contributed by atoms with Gasteiger partial charge in [0, 0.05) is 17.1 Å². The molecule has 0 aliphatic rings. The van der Waals surface area contributed by atoms with Crippen LogP contribution in [0.5, 0.6) is 0 Å². The molecule has 0 aliphatic heterocycles. The zero-order chi connectivity index (χ0) is 17.8. The van der Waals surface area contributed by atoms with Crippen LogP contribution in [-0.4, -0.2) is 13.1 Å². The van der Waals surface area contributed by atoms with E-state index in [9.17, 15) is 4.79 Å². The van der Waals surface area contributed by atoms with Gasteiger partial charge < -0.3 is 9.64 Å². The fourth-order valence-corrected chi connectivity index (χ4v) is 2.70. The van der Waals surface area contributed by atoms with Crippen LogP contribution in [0.4, 0.5) is 17.1 Å². The molecule has 25 heavy (non-hydrogen) atoms. The van der Waals surface area contributed by atoms with E-state index in [-0.39, 0.29) is 5.97 Å². The molecule has 0 heterocycles. The van der Waals surface area contributed by atoms with E-state index in [0.717, 1.165) is 17.1 Å². The quantitative estimate of drug-likeness (QED) is 0.586. The van der Waals surface area contributed by atoms with Crippen molar-refractivity contribution in [3.05, 3.63) is 89.5 Å². The minimum Gasteiger partial charge on any atom is -0.465 e. The van der Waals surface area contributed by atoms with Crippen LogP contribution in [-0.2, 0) is 4.74 Å². The average Bonchev–Trinajstić information content (AvgIpc) is 2.65. The fourth-order valence-electron chi connectivity index (χ4n) is 2.70. The fraction of sp³-hybridized carbons (Fsp3) is 0.136. The van der Waals surface area contributed by atoms with Crippen LogP contribution in [0.25, 0.3) is 0 Å². The Hall–Kier alpha value is -3.07. The average molecular weight is 331 g/mol. The Kier molecular flexibility index (Phi) is 4.85. The van der Waals surface area contributed by atoms with Crippen LogP contribution in [0.1, 0.15) is 21.5 Å². The van der Waals surface area contributed by atoms with E-state index in [1.54, 1.807) is 12.1 Å². The molecule has 3 aromatic rings. The molecule has 0 aliphatic carbocycles. The smallest absolute Gasteiger partial charge is 0.337 e. The van der Waals surface area contributed by atoms with Gasteiger partial charge in [0.05, 0.1) is 12.7 Å². The Bertz CT molecular complexity index is 805. The Morgan fingerprint density at radius 2 is 1.04 bits per heavy atom. The summed E-state index contributed by atoms with van der Waals surface area (Å²) >= 11 is 0. The zero-order valence-corrected chi connectivity index (χ0v) is 14.7. The van der Waals surface area contributed by atoms with Gasteiger partial charge in [-0.25, -0.2) is 4.79 Å². The highest BCUT2D eigenvalue weighted by atomic mass is 16.5. The zero-order valence-electron chi connectivity index (χ0n) is 14.7. The molecular weight excluding hydrogens is 310 g/mol. The van der Waals surface area contributed by atoms with E-state index in [4.69, 9.17) is 4.74 Å². The Labute approximate surface area is 148 Å². The minimum atomic E-state index is -0.330. The maximum Gasteiger partial charge on any atom is 0.337 e. The largest absolute Gasteiger partial charge is 0.465 e. The Balaban J connectivity index is 2.05. The number of aryl methyl sites for hydroxylation is 2. The van der Waals surface area contributed by atoms with Crippen molar-refractivity contribution in [3.8, 4) is 0 Å². The maximum atomic E-state index is 11.7. The van der Waals surface area contributed by atoms with E-state index in [1.807, 2.05) is 12.1 Å². The lowest BCUT2D eigenvalue weighted by atomic mass is 10.1. The third kappa shape index (κ3) is 3.72. The molecule has 3 rings (SSSR count). The lowest BCUT2D eigenvalue weighted by Crippen LogP contribution is -2.10. The summed E-state index contributed by atoms with van der Waals surface area (Å²) in [6, 6.07) is 24.2. The van der Waals surface area contributed by atoms with Crippen molar-refractivity contribution >= 4 is 23.0 Å². The van der Waals surface area contributed by atoms with E-state index in [1.165, 1.54) is 18.2 Å². The highest BCUT2D eigenvalue weighted by Gasteiger charge is 2.13. The van der Waals surface area contributed by atoms with Gasteiger partial charge in [-0.15, -0.1) is 0 Å². The number of carbonyl (C=O) groups excluding carboxylic acids is 1. The van der Waals surface area contributed by atoms with Crippen molar-refractivity contribution in [3.63, 3.8) is 0 Å². The number of carbonyl (C=O) groups is 1. The molecule has 0 N–H and O–H groups in total. The van der Waals surface area contributed by atoms with Crippen LogP contribution in [0.2, 0.25) is 0 Å². The SMILES string of the molecule is COC(=O)c1ccc(N(c2ccc(C)cc2)c2ccc(C)cc2)cc1. The number of benzene rings is 3. The molecule has 3 aromatic carbocycles. The monoisotopic (exact) mass is 331 g/mol. The van der Waals surface area contributed by atoms with Gasteiger partial charge in [-0.2, -0.15) is 0 Å². The summed E-state index contributed by atoms with van der Waals surface area (Å²) in [5, 5.41) is 0. The van der Waals surface area contributed by atoms with Crippen LogP contribution in [0.15, 0.2) is 72.8 Å². The summed E-state index contributed by atoms with van der Waals surface area (Å²) in [4.78, 5) is 13.8. The van der Waals surface area contributed by atoms with Gasteiger partial charge in [-0.1, -0.05) is 35.4 Å². The predicted molar refractivity (Wildman–Crippen MR) is 102 cm³/mol. The van der Waals surface area contributed by atoms with Gasteiger partial charge in [0.2, 0.25) is 0 Å². The molecule has 0 saturated carbocycles. The molecule has 0 unspecified atom stereocenters. The second-order valence-corrected chi connectivity index (χ2v) is 6.04. The first kappa shape index (κ1) is 16.8. The van der Waals surface area contributed by atoms with Gasteiger partial charge in [0.25, 0.3) is 0 Å². The number of anilines is 3. The lowest BCUT2D eigenvalue weighted by molar-refractivity contribution is 0.0601. The first-order valence-corrected chi connectivity index (χ1v) is 8.20. The Morgan fingerprint density at radius 3 is 1.40 bits per heavy atom. The number of ether oxygens (including phenoxy) is 1. The van der Waals surface area contributed by atoms with Gasteiger partial charge in [-0.3, -0.25) is 0 Å². The molecule has 0 bridgehead atoms. The van der Waals surface area contributed by atoms with Crippen molar-refractivity contribution in [2.45, 2.75) is 13.8 Å². The van der Waals surface area contributed by atoms with E-state index in [2.05, 4.69) is 67.3 Å². The Morgan fingerprint density at radius 1 is 0.680 bits per heavy atom. The second-order valence-electron chi connectivity index (χ2n) is 6.04. The number of rotatable bonds is 4. The van der Waals surface area contributed by atoms with Gasteiger partial charge in [0.15, 0.2) is 0 Å². The molecule has 0 saturated heterocycles. The first-order chi connectivity index (χ1) is 12.1. The molecule has 0 amide bonds. The van der Waals surface area contributed by atoms with Crippen LogP contribution >= 0.6 is 0 Å². The summed E-state index contributed by atoms with van der Waals surface area (Å²) < 4.78 is 4.78. The van der Waals surface area contributed by atoms with Crippen molar-refractivity contribution in [1.82, 2.24) is 0 Å². The van der Waals surface area contributed by atoms with Crippen LogP contribution in [0, 0.1) is 13.8 Å². The summed E-state index contributed by atoms with van der Waals surface area (Å²) in [7, 11) is 1.39. The molecule has 0 fully saturated rings. The molecule has 0 spiro atoms. The third-order valence-electron chi connectivity index (χ3n) is 4.13. The summed E-state index contributed by atoms with van der Waals surface area (Å²) in [5.74, 6) is -0.330. The van der Waals surface area contributed by atoms with E-state index >= 15 is 0 Å². The van der Waals surface area contributed by atoms with Gasteiger partial charge in [0.1, 0.15) is 0 Å². The standard InChI is InChI=1S/C22H21NO2/c1-16-4-10-19(11-5-16)23(20-12-6-17(2)7-13-20)21-14-8-18(9-15-21)22(24)25-3/h4-15H,1-3H3. The second kappa shape index (κ2) is 7.22. The molecule has 3 nitrogen and oxygen atoms in total. The van der Waals surface area contributed by atoms with Crippen molar-refractivity contribution in [1.29, 1.82) is 0 Å². The predicted octanol–water partition coefficient (Wildman–Crippen LogP) is 5.56. The summed E-state index contributed by atoms with van der Waals surface area (Å²) in [5.41, 5.74) is 6.10.